The summed E-state index contributed by atoms with van der Waals surface area (Å²) in [5, 5.41) is 1.15. The smallest absolute Gasteiger partial charge is 0.262 e. The third-order valence-corrected chi connectivity index (χ3v) is 6.35. The van der Waals surface area contributed by atoms with Gasteiger partial charge in [-0.05, 0) is 43.7 Å². The number of allylic oxidation sites excluding steroid dienone is 1. The first-order chi connectivity index (χ1) is 13.0. The Balaban J connectivity index is 1.75. The highest BCUT2D eigenvalue weighted by atomic mass is 32.2. The Labute approximate surface area is 164 Å². The number of hydrogen-bond donors (Lipinski definition) is 0. The lowest BCUT2D eigenvalue weighted by Crippen LogP contribution is -2.40. The summed E-state index contributed by atoms with van der Waals surface area (Å²) >= 11 is 1.33. The number of rotatable bonds is 6. The maximum Gasteiger partial charge on any atom is 0.262 e. The van der Waals surface area contributed by atoms with Crippen LogP contribution < -0.4 is 5.56 Å². The van der Waals surface area contributed by atoms with E-state index >= 15 is 0 Å². The fraction of sp³-hybridized carbons (Fsp3) is 0.476. The van der Waals surface area contributed by atoms with Crippen molar-refractivity contribution in [3.8, 4) is 0 Å². The van der Waals surface area contributed by atoms with E-state index in [4.69, 9.17) is 0 Å². The number of amides is 1. The number of aromatic nitrogens is 2. The molecule has 0 unspecified atom stereocenters. The van der Waals surface area contributed by atoms with Crippen LogP contribution in [-0.4, -0.2) is 39.2 Å². The summed E-state index contributed by atoms with van der Waals surface area (Å²) in [7, 11) is 1.90. The van der Waals surface area contributed by atoms with Crippen molar-refractivity contribution >= 4 is 28.6 Å². The summed E-state index contributed by atoms with van der Waals surface area (Å²) in [6, 6.07) is 7.64. The first-order valence-corrected chi connectivity index (χ1v) is 10.5. The van der Waals surface area contributed by atoms with Gasteiger partial charge in [-0.2, -0.15) is 0 Å². The van der Waals surface area contributed by atoms with Gasteiger partial charge in [-0.25, -0.2) is 4.98 Å². The van der Waals surface area contributed by atoms with Crippen LogP contribution in [0.4, 0.5) is 0 Å². The normalized spacial score (nSPS) is 19.8. The van der Waals surface area contributed by atoms with Crippen LogP contribution in [0.25, 0.3) is 10.9 Å². The van der Waals surface area contributed by atoms with Crippen molar-refractivity contribution in [3.05, 3.63) is 47.3 Å². The van der Waals surface area contributed by atoms with Crippen molar-refractivity contribution in [2.24, 2.45) is 5.92 Å². The van der Waals surface area contributed by atoms with Gasteiger partial charge in [-0.15, -0.1) is 6.58 Å². The van der Waals surface area contributed by atoms with Crippen molar-refractivity contribution in [2.45, 2.75) is 50.4 Å². The van der Waals surface area contributed by atoms with Crippen LogP contribution in [-0.2, 0) is 11.3 Å². The second kappa shape index (κ2) is 8.74. The molecule has 1 amide bonds. The van der Waals surface area contributed by atoms with Crippen molar-refractivity contribution in [2.75, 3.05) is 12.8 Å². The number of benzene rings is 1. The average Bonchev–Trinajstić information content (AvgIpc) is 2.68. The average molecular weight is 386 g/mol. The lowest BCUT2D eigenvalue weighted by Gasteiger charge is -2.33. The van der Waals surface area contributed by atoms with Crippen LogP contribution >= 0.6 is 11.8 Å². The minimum absolute atomic E-state index is 0.0899. The topological polar surface area (TPSA) is 55.2 Å². The molecule has 6 heteroatoms. The predicted octanol–water partition coefficient (Wildman–Crippen LogP) is 3.71. The monoisotopic (exact) mass is 385 g/mol. The van der Waals surface area contributed by atoms with Crippen molar-refractivity contribution in [1.82, 2.24) is 14.5 Å². The molecule has 2 aromatic rings. The lowest BCUT2D eigenvalue weighted by atomic mass is 9.87. The molecule has 1 fully saturated rings. The quantitative estimate of drug-likeness (QED) is 0.432. The Morgan fingerprint density at radius 2 is 2.04 bits per heavy atom. The molecule has 3 rings (SSSR count). The Morgan fingerprint density at radius 1 is 1.33 bits per heavy atom. The number of nitrogens with zero attached hydrogens (tertiary/aromatic N) is 3. The van der Waals surface area contributed by atoms with Gasteiger partial charge in [0.15, 0.2) is 5.16 Å². The maximum absolute atomic E-state index is 12.8. The van der Waals surface area contributed by atoms with Crippen LogP contribution in [0, 0.1) is 5.92 Å². The van der Waals surface area contributed by atoms with E-state index in [1.807, 2.05) is 30.1 Å². The van der Waals surface area contributed by atoms with Crippen LogP contribution in [0.15, 0.2) is 46.9 Å². The Morgan fingerprint density at radius 3 is 2.74 bits per heavy atom. The molecule has 27 heavy (non-hydrogen) atoms. The molecule has 0 N–H and O–H groups in total. The number of carbonyl (C=O) groups is 1. The molecule has 0 aliphatic heterocycles. The van der Waals surface area contributed by atoms with Crippen molar-refractivity contribution in [3.63, 3.8) is 0 Å². The van der Waals surface area contributed by atoms with Gasteiger partial charge in [-0.3, -0.25) is 14.2 Å². The Bertz CT molecular complexity index is 885. The van der Waals surface area contributed by atoms with Crippen molar-refractivity contribution < 1.29 is 4.79 Å². The van der Waals surface area contributed by atoms with Crippen LogP contribution in [0.3, 0.4) is 0 Å². The minimum atomic E-state index is -0.0925. The number of fused-ring (bicyclic) bond motifs is 1. The maximum atomic E-state index is 12.8. The predicted molar refractivity (Wildman–Crippen MR) is 111 cm³/mol. The number of para-hydroxylation sites is 1. The fourth-order valence-corrected chi connectivity index (χ4v) is 4.54. The molecule has 144 valence electrons. The third-order valence-electron chi connectivity index (χ3n) is 5.39. The summed E-state index contributed by atoms with van der Waals surface area (Å²) < 4.78 is 1.59. The van der Waals surface area contributed by atoms with Crippen LogP contribution in [0.5, 0.6) is 0 Å². The Hall–Kier alpha value is -2.08. The van der Waals surface area contributed by atoms with Gasteiger partial charge in [0.05, 0.1) is 16.7 Å². The molecule has 1 aliphatic carbocycles. The highest BCUT2D eigenvalue weighted by Crippen LogP contribution is 2.27. The van der Waals surface area contributed by atoms with Gasteiger partial charge >= 0.3 is 0 Å². The molecule has 1 heterocycles. The largest absolute Gasteiger partial charge is 0.342 e. The summed E-state index contributed by atoms with van der Waals surface area (Å²) in [5.74, 6) is 1.13. The molecule has 1 saturated carbocycles. The molecule has 1 aromatic carbocycles. The van der Waals surface area contributed by atoms with Crippen LogP contribution in [0.1, 0.15) is 32.6 Å². The summed E-state index contributed by atoms with van der Waals surface area (Å²) in [6.07, 6.45) is 6.19. The van der Waals surface area contributed by atoms with E-state index in [1.165, 1.54) is 24.6 Å². The minimum Gasteiger partial charge on any atom is -0.342 e. The summed E-state index contributed by atoms with van der Waals surface area (Å²) in [4.78, 5) is 31.9. The highest BCUT2D eigenvalue weighted by molar-refractivity contribution is 7.99. The van der Waals surface area contributed by atoms with E-state index < -0.39 is 0 Å². The fourth-order valence-electron chi connectivity index (χ4n) is 3.61. The summed E-state index contributed by atoms with van der Waals surface area (Å²) in [6.45, 7) is 6.39. The van der Waals surface area contributed by atoms with Crippen LogP contribution in [0.2, 0.25) is 0 Å². The second-order valence-electron chi connectivity index (χ2n) is 7.32. The SMILES string of the molecule is C=CCn1c(SCC(=O)N(C)C2CCC(C)CC2)nc2ccccc2c1=O. The summed E-state index contributed by atoms with van der Waals surface area (Å²) in [5.41, 5.74) is 0.567. The molecule has 1 aromatic heterocycles. The van der Waals surface area contributed by atoms with E-state index in [2.05, 4.69) is 18.5 Å². The third kappa shape index (κ3) is 4.43. The van der Waals surface area contributed by atoms with E-state index in [0.717, 1.165) is 18.8 Å². The van der Waals surface area contributed by atoms with Gasteiger partial charge in [0, 0.05) is 19.6 Å². The van der Waals surface area contributed by atoms with Gasteiger partial charge in [0.25, 0.3) is 5.56 Å². The van der Waals surface area contributed by atoms with Gasteiger partial charge < -0.3 is 4.90 Å². The lowest BCUT2D eigenvalue weighted by molar-refractivity contribution is -0.129. The first-order valence-electron chi connectivity index (χ1n) is 9.50. The van der Waals surface area contributed by atoms with Crippen molar-refractivity contribution in [1.29, 1.82) is 0 Å². The molecule has 1 aliphatic rings. The number of hydrogen-bond acceptors (Lipinski definition) is 4. The van der Waals surface area contributed by atoms with E-state index in [0.29, 0.717) is 28.6 Å². The molecular weight excluding hydrogens is 358 g/mol. The standard InChI is InChI=1S/C21H27N3O2S/c1-4-13-24-20(26)17-7-5-6-8-18(17)22-21(24)27-14-19(25)23(3)16-11-9-15(2)10-12-16/h4-8,15-16H,1,9-14H2,2-3H3. The molecular formula is C21H27N3O2S. The molecule has 5 nitrogen and oxygen atoms in total. The van der Waals surface area contributed by atoms with E-state index in [1.54, 1.807) is 16.7 Å². The second-order valence-corrected chi connectivity index (χ2v) is 8.27. The number of carbonyl (C=O) groups excluding carboxylic acids is 1. The zero-order valence-corrected chi connectivity index (χ0v) is 16.9. The first kappa shape index (κ1) is 19.7. The molecule has 0 bridgehead atoms. The zero-order valence-electron chi connectivity index (χ0n) is 16.1. The zero-order chi connectivity index (χ0) is 19.4. The Kier molecular flexibility index (Phi) is 6.37. The number of thioether (sulfide) groups is 1. The molecule has 0 saturated heterocycles. The molecule has 0 atom stereocenters. The van der Waals surface area contributed by atoms with Gasteiger partial charge in [-0.1, -0.05) is 36.9 Å². The van der Waals surface area contributed by atoms with Gasteiger partial charge in [0.2, 0.25) is 5.91 Å². The van der Waals surface area contributed by atoms with Gasteiger partial charge in [0.1, 0.15) is 0 Å². The van der Waals surface area contributed by atoms with E-state index in [9.17, 15) is 9.59 Å². The molecule has 0 radical (unpaired) electrons. The highest BCUT2D eigenvalue weighted by Gasteiger charge is 2.25. The van der Waals surface area contributed by atoms with E-state index in [-0.39, 0.29) is 17.2 Å². The molecule has 0 spiro atoms.